The van der Waals surface area contributed by atoms with Gasteiger partial charge in [-0.1, -0.05) is 0 Å². The van der Waals surface area contributed by atoms with Gasteiger partial charge in [-0.05, 0) is 0 Å². The summed E-state index contributed by atoms with van der Waals surface area (Å²) < 4.78 is 1.20. The summed E-state index contributed by atoms with van der Waals surface area (Å²) in [5, 5.41) is 0. The molecule has 0 nitrogen and oxygen atoms in total. The molecule has 4 aliphatic rings. The third-order valence-electron chi connectivity index (χ3n) is 4.47. The van der Waals surface area contributed by atoms with E-state index in [2.05, 4.69) is 16.0 Å². The molecule has 0 unspecified atom stereocenters. The maximum absolute atomic E-state index is 5.43. The Morgan fingerprint density at radius 2 is 1.38 bits per heavy atom. The molecule has 0 aromatic heterocycles. The molecule has 4 fully saturated rings. The van der Waals surface area contributed by atoms with E-state index < -0.39 is 0 Å². The van der Waals surface area contributed by atoms with E-state index in [1.807, 2.05) is 0 Å². The van der Waals surface area contributed by atoms with E-state index in [0.29, 0.717) is 5.41 Å². The molecule has 0 amide bonds. The van der Waals surface area contributed by atoms with E-state index >= 15 is 0 Å². The minimum absolute atomic E-state index is 0.476. The van der Waals surface area contributed by atoms with Crippen molar-refractivity contribution in [3.63, 3.8) is 0 Å². The van der Waals surface area contributed by atoms with E-state index in [9.17, 15) is 0 Å². The van der Waals surface area contributed by atoms with Gasteiger partial charge in [0.25, 0.3) is 0 Å². The Morgan fingerprint density at radius 3 is 1.69 bits per heavy atom. The van der Waals surface area contributed by atoms with Gasteiger partial charge in [-0.2, -0.15) is 0 Å². The van der Waals surface area contributed by atoms with Crippen LogP contribution in [0.25, 0.3) is 0 Å². The van der Waals surface area contributed by atoms with Gasteiger partial charge in [0.15, 0.2) is 0 Å². The van der Waals surface area contributed by atoms with Gasteiger partial charge in [0.1, 0.15) is 0 Å². The molecule has 0 aliphatic heterocycles. The van der Waals surface area contributed by atoms with Crippen LogP contribution in [-0.4, -0.2) is 19.8 Å². The molecule has 0 saturated heterocycles. The van der Waals surface area contributed by atoms with E-state index in [0.717, 1.165) is 17.8 Å². The Labute approximate surface area is 93.7 Å². The molecule has 13 heavy (non-hydrogen) atoms. The van der Waals surface area contributed by atoms with E-state index in [1.54, 1.807) is 0 Å². The fraction of sp³-hybridized carbons (Fsp3) is 0.909. The average molecular weight is 258 g/mol. The Bertz CT molecular complexity index is 224. The van der Waals surface area contributed by atoms with Crippen molar-refractivity contribution < 1.29 is 0 Å². The van der Waals surface area contributed by atoms with Gasteiger partial charge >= 0.3 is 93.7 Å². The zero-order valence-corrected chi connectivity index (χ0v) is 10.3. The van der Waals surface area contributed by atoms with Gasteiger partial charge in [0.2, 0.25) is 0 Å². The molecular formula is C11H15SSe. The number of hydrogen-bond donors (Lipinski definition) is 0. The standard InChI is InChI=1S/C11H15SSe/c12-10(13)11-4-7-1-8(5-11)3-9(2-7)6-11/h7-9H,1-6H2. The molecule has 1 radical (unpaired) electrons. The van der Waals surface area contributed by atoms with Crippen LogP contribution in [0.1, 0.15) is 38.5 Å². The first-order chi connectivity index (χ1) is 6.18. The van der Waals surface area contributed by atoms with Crippen molar-refractivity contribution in [2.45, 2.75) is 38.5 Å². The normalized spacial score (nSPS) is 52.5. The predicted molar refractivity (Wildman–Crippen MR) is 59.0 cm³/mol. The van der Waals surface area contributed by atoms with Crippen molar-refractivity contribution in [2.24, 2.45) is 23.2 Å². The van der Waals surface area contributed by atoms with E-state index in [4.69, 9.17) is 12.2 Å². The first kappa shape index (κ1) is 8.88. The van der Waals surface area contributed by atoms with Crippen LogP contribution < -0.4 is 0 Å². The first-order valence-electron chi connectivity index (χ1n) is 5.39. The molecule has 0 aromatic carbocycles. The molecule has 71 valence electrons. The van der Waals surface area contributed by atoms with Crippen LogP contribution in [-0.2, 0) is 0 Å². The maximum atomic E-state index is 5.43. The van der Waals surface area contributed by atoms with Gasteiger partial charge in [0, 0.05) is 0 Å². The topological polar surface area (TPSA) is 0 Å². The summed E-state index contributed by atoms with van der Waals surface area (Å²) in [6.07, 6.45) is 8.77. The van der Waals surface area contributed by atoms with Crippen LogP contribution >= 0.6 is 12.2 Å². The zero-order chi connectivity index (χ0) is 9.05. The third-order valence-corrected chi connectivity index (χ3v) is 5.81. The second-order valence-corrected chi connectivity index (χ2v) is 7.33. The molecule has 0 spiro atoms. The van der Waals surface area contributed by atoms with Crippen LogP contribution in [0.15, 0.2) is 0 Å². The number of rotatable bonds is 1. The van der Waals surface area contributed by atoms with Gasteiger partial charge in [-0.15, -0.1) is 0 Å². The van der Waals surface area contributed by atoms with Crippen LogP contribution in [0, 0.1) is 23.2 Å². The quantitative estimate of drug-likeness (QED) is 0.515. The summed E-state index contributed by atoms with van der Waals surface area (Å²) in [5.41, 5.74) is 0.476. The Kier molecular flexibility index (Phi) is 1.92. The zero-order valence-electron chi connectivity index (χ0n) is 7.79. The molecule has 2 heteroatoms. The third kappa shape index (κ3) is 1.26. The summed E-state index contributed by atoms with van der Waals surface area (Å²) in [7, 11) is 0. The Morgan fingerprint density at radius 1 is 1.00 bits per heavy atom. The van der Waals surface area contributed by atoms with Crippen LogP contribution in [0.2, 0.25) is 0 Å². The Balaban J connectivity index is 1.95. The molecule has 0 atom stereocenters. The summed E-state index contributed by atoms with van der Waals surface area (Å²) in [4.78, 5) is 0. The van der Waals surface area contributed by atoms with Crippen LogP contribution in [0.5, 0.6) is 0 Å². The fourth-order valence-corrected chi connectivity index (χ4v) is 5.14. The summed E-state index contributed by atoms with van der Waals surface area (Å²) in [6, 6.07) is 0. The molecule has 0 aromatic rings. The van der Waals surface area contributed by atoms with Crippen LogP contribution in [0.3, 0.4) is 0 Å². The molecule has 0 heterocycles. The summed E-state index contributed by atoms with van der Waals surface area (Å²) >= 11 is 8.56. The van der Waals surface area contributed by atoms with Gasteiger partial charge in [-0.25, -0.2) is 0 Å². The van der Waals surface area contributed by atoms with Gasteiger partial charge in [0.05, 0.1) is 0 Å². The minimum atomic E-state index is 0.476. The molecule has 4 rings (SSSR count). The second kappa shape index (κ2) is 2.81. The number of thiocarbonyl (C=S) groups is 1. The van der Waals surface area contributed by atoms with Crippen molar-refractivity contribution in [3.8, 4) is 0 Å². The van der Waals surface area contributed by atoms with Crippen molar-refractivity contribution in [2.75, 3.05) is 0 Å². The van der Waals surface area contributed by atoms with Gasteiger partial charge < -0.3 is 0 Å². The summed E-state index contributed by atoms with van der Waals surface area (Å²) in [6.45, 7) is 0. The van der Waals surface area contributed by atoms with Crippen molar-refractivity contribution in [1.29, 1.82) is 0 Å². The molecule has 4 saturated carbocycles. The van der Waals surface area contributed by atoms with Crippen molar-refractivity contribution in [3.05, 3.63) is 0 Å². The average Bonchev–Trinajstić information content (AvgIpc) is 2.00. The fourth-order valence-electron chi connectivity index (χ4n) is 4.36. The molecular weight excluding hydrogens is 243 g/mol. The predicted octanol–water partition coefficient (Wildman–Crippen LogP) is 2.70. The SMILES string of the molecule is S=C([Se])C12CC3CC(CC(C3)C1)C2. The summed E-state index contributed by atoms with van der Waals surface area (Å²) in [5.74, 6) is 3.08. The number of hydrogen-bond acceptors (Lipinski definition) is 1. The monoisotopic (exact) mass is 259 g/mol. The second-order valence-electron chi connectivity index (χ2n) is 5.49. The molecule has 4 aliphatic carbocycles. The van der Waals surface area contributed by atoms with Crippen molar-refractivity contribution in [1.82, 2.24) is 0 Å². The Hall–Kier alpha value is 0.609. The van der Waals surface area contributed by atoms with E-state index in [1.165, 1.54) is 42.3 Å². The van der Waals surface area contributed by atoms with Crippen LogP contribution in [0.4, 0.5) is 0 Å². The van der Waals surface area contributed by atoms with Crippen molar-refractivity contribution >= 4 is 32.0 Å². The molecule has 0 N–H and O–H groups in total. The first-order valence-corrected chi connectivity index (χ1v) is 6.66. The van der Waals surface area contributed by atoms with Gasteiger partial charge in [-0.3, -0.25) is 0 Å². The van der Waals surface area contributed by atoms with E-state index in [-0.39, 0.29) is 0 Å². The molecule has 4 bridgehead atoms.